The third-order valence-corrected chi connectivity index (χ3v) is 5.04. The van der Waals surface area contributed by atoms with E-state index in [0.29, 0.717) is 0 Å². The lowest BCUT2D eigenvalue weighted by molar-refractivity contribution is -0.696. The maximum absolute atomic E-state index is 9.67. The van der Waals surface area contributed by atoms with E-state index in [0.717, 1.165) is 13.0 Å². The monoisotopic (exact) mass is 404 g/mol. The molecule has 1 aliphatic carbocycles. The van der Waals surface area contributed by atoms with E-state index < -0.39 is 7.54 Å². The average molecular weight is 404 g/mol. The van der Waals surface area contributed by atoms with Gasteiger partial charge in [0.15, 0.2) is 0 Å². The first-order chi connectivity index (χ1) is 13.6. The van der Waals surface area contributed by atoms with E-state index in [-0.39, 0.29) is 4.70 Å². The Morgan fingerprint density at radius 3 is 2.45 bits per heavy atom. The van der Waals surface area contributed by atoms with Crippen molar-refractivity contribution in [3.8, 4) is 16.8 Å². The van der Waals surface area contributed by atoms with Gasteiger partial charge in [-0.05, 0) is 59.7 Å². The minimum Gasteiger partial charge on any atom is -1.00 e. The molecule has 0 saturated heterocycles. The molecular formula is C22H25BF4N2. The highest BCUT2D eigenvalue weighted by molar-refractivity contribution is 6.33. The van der Waals surface area contributed by atoms with E-state index in [1.54, 1.807) is 0 Å². The zero-order chi connectivity index (χ0) is 19.9. The fourth-order valence-corrected chi connectivity index (χ4v) is 3.69. The molecule has 3 aromatic rings. The van der Waals surface area contributed by atoms with Gasteiger partial charge in [0, 0.05) is 0 Å². The third-order valence-electron chi connectivity index (χ3n) is 5.04. The van der Waals surface area contributed by atoms with Gasteiger partial charge >= 0.3 is 7.54 Å². The van der Waals surface area contributed by atoms with Gasteiger partial charge < -0.3 is 4.70 Å². The molecule has 0 atom stereocenters. The van der Waals surface area contributed by atoms with Crippen molar-refractivity contribution in [2.75, 3.05) is 0 Å². The van der Waals surface area contributed by atoms with Crippen LogP contribution in [0.5, 0.6) is 0 Å². The lowest BCUT2D eigenvalue weighted by Gasteiger charge is -2.02. The summed E-state index contributed by atoms with van der Waals surface area (Å²) in [5.41, 5.74) is 6.94. The van der Waals surface area contributed by atoms with Crippen LogP contribution < -0.4 is 9.27 Å². The van der Waals surface area contributed by atoms with Gasteiger partial charge in [0.1, 0.15) is 18.1 Å². The van der Waals surface area contributed by atoms with E-state index in [1.807, 2.05) is 0 Å². The van der Waals surface area contributed by atoms with Crippen LogP contribution in [0.25, 0.3) is 16.8 Å². The Balaban J connectivity index is 0.000000552. The molecule has 0 bridgehead atoms. The molecule has 2 aromatic carbocycles. The summed E-state index contributed by atoms with van der Waals surface area (Å²) in [7, 11) is -3.67. The van der Waals surface area contributed by atoms with E-state index >= 15 is 0 Å². The summed E-state index contributed by atoms with van der Waals surface area (Å²) in [6.45, 7) is 3.37. The molecule has 1 heterocycles. The maximum Gasteiger partial charge on any atom is 0.762 e. The minimum atomic E-state index is -3.67. The SMILES string of the molecule is CCCCCC[n+]1ccn(-c2ccc3c(c2)Cc2ccccc2-3)c1.FB(F)F.[F-]. The molecule has 1 aliphatic rings. The van der Waals surface area contributed by atoms with Gasteiger partial charge in [-0.1, -0.05) is 44.0 Å². The number of fused-ring (bicyclic) bond motifs is 3. The molecule has 0 N–H and O–H groups in total. The highest BCUT2D eigenvalue weighted by Gasteiger charge is 2.19. The van der Waals surface area contributed by atoms with Gasteiger partial charge in [-0.15, -0.1) is 0 Å². The molecular weight excluding hydrogens is 379 g/mol. The number of hydrogen-bond acceptors (Lipinski definition) is 0. The van der Waals surface area contributed by atoms with E-state index in [2.05, 4.69) is 77.2 Å². The fourth-order valence-electron chi connectivity index (χ4n) is 3.69. The number of benzene rings is 2. The van der Waals surface area contributed by atoms with Crippen LogP contribution in [0.2, 0.25) is 0 Å². The van der Waals surface area contributed by atoms with Crippen LogP contribution in [0, 0.1) is 0 Å². The first kappa shape index (κ1) is 22.7. The summed E-state index contributed by atoms with van der Waals surface area (Å²) in [6.07, 6.45) is 12.9. The van der Waals surface area contributed by atoms with Crippen molar-refractivity contribution in [3.05, 3.63) is 72.3 Å². The van der Waals surface area contributed by atoms with Crippen molar-refractivity contribution < 1.29 is 22.2 Å². The summed E-state index contributed by atoms with van der Waals surface area (Å²) >= 11 is 0. The summed E-state index contributed by atoms with van der Waals surface area (Å²) in [5, 5.41) is 0. The molecule has 0 amide bonds. The van der Waals surface area contributed by atoms with Crippen molar-refractivity contribution in [3.63, 3.8) is 0 Å². The lowest BCUT2D eigenvalue weighted by Crippen LogP contribution is -3.00. The molecule has 0 saturated carbocycles. The summed E-state index contributed by atoms with van der Waals surface area (Å²) in [5.74, 6) is 0. The molecule has 2 nitrogen and oxygen atoms in total. The van der Waals surface area contributed by atoms with Crippen molar-refractivity contribution in [1.29, 1.82) is 0 Å². The number of rotatable bonds is 6. The van der Waals surface area contributed by atoms with Crippen molar-refractivity contribution in [1.82, 2.24) is 4.57 Å². The number of aromatic nitrogens is 2. The Morgan fingerprint density at radius 2 is 1.69 bits per heavy atom. The fraction of sp³-hybridized carbons (Fsp3) is 0.318. The molecule has 7 heteroatoms. The average Bonchev–Trinajstić information content (AvgIpc) is 3.28. The molecule has 0 unspecified atom stereocenters. The molecule has 0 aliphatic heterocycles. The van der Waals surface area contributed by atoms with E-state index in [4.69, 9.17) is 0 Å². The van der Waals surface area contributed by atoms with E-state index in [1.165, 1.54) is 53.6 Å². The predicted molar refractivity (Wildman–Crippen MR) is 107 cm³/mol. The van der Waals surface area contributed by atoms with Crippen LogP contribution in [0.4, 0.5) is 12.9 Å². The zero-order valence-corrected chi connectivity index (χ0v) is 16.5. The zero-order valence-electron chi connectivity index (χ0n) is 16.5. The molecule has 4 rings (SSSR count). The predicted octanol–water partition coefficient (Wildman–Crippen LogP) is 2.80. The van der Waals surface area contributed by atoms with Crippen molar-refractivity contribution in [2.45, 2.75) is 45.6 Å². The number of nitrogens with zero attached hydrogens (tertiary/aromatic N) is 2. The standard InChI is InChI=1S/C22H25N2.BF3.FH/c1-2-3-4-7-12-23-13-14-24(17-23)20-10-11-22-19(16-20)15-18-8-5-6-9-21(18)22;2-1(3)4;/h5-6,8-11,13-14,16-17H,2-4,7,12,15H2,1H3;;1H/q+1;;/p-1. The second kappa shape index (κ2) is 10.8. The van der Waals surface area contributed by atoms with Crippen LogP contribution in [0.3, 0.4) is 0 Å². The molecule has 29 heavy (non-hydrogen) atoms. The number of aryl methyl sites for hydroxylation is 1. The van der Waals surface area contributed by atoms with Crippen molar-refractivity contribution >= 4 is 7.54 Å². The lowest BCUT2D eigenvalue weighted by atomic mass is 10.1. The molecule has 0 fully saturated rings. The van der Waals surface area contributed by atoms with Crippen LogP contribution >= 0.6 is 0 Å². The highest BCUT2D eigenvalue weighted by atomic mass is 19.4. The number of unbranched alkanes of at least 4 members (excludes halogenated alkanes) is 3. The van der Waals surface area contributed by atoms with Gasteiger partial charge in [-0.3, -0.25) is 12.9 Å². The normalized spacial score (nSPS) is 11.0. The van der Waals surface area contributed by atoms with Crippen LogP contribution in [0.1, 0.15) is 43.7 Å². The van der Waals surface area contributed by atoms with Crippen LogP contribution in [0.15, 0.2) is 61.2 Å². The first-order valence-electron chi connectivity index (χ1n) is 9.79. The Morgan fingerprint density at radius 1 is 0.966 bits per heavy atom. The molecule has 154 valence electrons. The molecule has 1 aromatic heterocycles. The Kier molecular flexibility index (Phi) is 8.49. The summed E-state index contributed by atoms with van der Waals surface area (Å²) in [4.78, 5) is 0. The number of hydrogen-bond donors (Lipinski definition) is 0. The van der Waals surface area contributed by atoms with Gasteiger partial charge in [0.05, 0.1) is 6.54 Å². The quantitative estimate of drug-likeness (QED) is 0.202. The largest absolute Gasteiger partial charge is 1.00 e. The van der Waals surface area contributed by atoms with Crippen molar-refractivity contribution in [2.24, 2.45) is 0 Å². The van der Waals surface area contributed by atoms with Crippen LogP contribution in [-0.4, -0.2) is 12.1 Å². The number of halogens is 4. The second-order valence-electron chi connectivity index (χ2n) is 7.04. The highest BCUT2D eigenvalue weighted by Crippen LogP contribution is 2.37. The van der Waals surface area contributed by atoms with Gasteiger partial charge in [0.2, 0.25) is 6.33 Å². The third kappa shape index (κ3) is 5.95. The first-order valence-corrected chi connectivity index (χ1v) is 9.79. The minimum absolute atomic E-state index is 0. The topological polar surface area (TPSA) is 8.81 Å². The Bertz CT molecular complexity index is 909. The Hall–Kier alpha value is -2.57. The van der Waals surface area contributed by atoms with Gasteiger partial charge in [0.25, 0.3) is 0 Å². The van der Waals surface area contributed by atoms with E-state index in [9.17, 15) is 12.9 Å². The summed E-state index contributed by atoms with van der Waals surface area (Å²) in [6, 6.07) is 15.6. The summed E-state index contributed by atoms with van der Waals surface area (Å²) < 4.78 is 33.5. The van der Waals surface area contributed by atoms with Gasteiger partial charge in [-0.25, -0.2) is 9.13 Å². The Labute approximate surface area is 169 Å². The molecule has 0 radical (unpaired) electrons. The molecule has 0 spiro atoms. The maximum atomic E-state index is 9.67. The smallest absolute Gasteiger partial charge is 0.762 e. The number of imidazole rings is 1. The van der Waals surface area contributed by atoms with Crippen LogP contribution in [-0.2, 0) is 13.0 Å². The second-order valence-corrected chi connectivity index (χ2v) is 7.04. The van der Waals surface area contributed by atoms with Gasteiger partial charge in [-0.2, -0.15) is 0 Å².